The summed E-state index contributed by atoms with van der Waals surface area (Å²) in [6, 6.07) is 8.60. The molecule has 0 radical (unpaired) electrons. The van der Waals surface area contributed by atoms with Crippen LogP contribution < -0.4 is 10.5 Å². The molecule has 0 aliphatic carbocycles. The summed E-state index contributed by atoms with van der Waals surface area (Å²) in [5.74, 6) is 0.467. The second-order valence-corrected chi connectivity index (χ2v) is 5.53. The van der Waals surface area contributed by atoms with E-state index in [1.807, 2.05) is 12.1 Å². The minimum absolute atomic E-state index is 0.0494. The van der Waals surface area contributed by atoms with Crippen LogP contribution in [-0.4, -0.2) is 32.6 Å². The number of aldehydes is 1. The van der Waals surface area contributed by atoms with E-state index in [-0.39, 0.29) is 17.7 Å². The average Bonchev–Trinajstić information content (AvgIpc) is 3.04. The molecule has 128 valence electrons. The van der Waals surface area contributed by atoms with Crippen LogP contribution in [-0.2, 0) is 18.2 Å². The zero-order valence-corrected chi connectivity index (χ0v) is 13.8. The Kier molecular flexibility index (Phi) is 3.91. The van der Waals surface area contributed by atoms with Crippen molar-refractivity contribution in [1.82, 2.24) is 19.7 Å². The number of hydrogen-bond donors (Lipinski definition) is 1. The summed E-state index contributed by atoms with van der Waals surface area (Å²) in [6.07, 6.45) is 2.37. The van der Waals surface area contributed by atoms with Crippen LogP contribution in [0.5, 0.6) is 5.75 Å². The first kappa shape index (κ1) is 13.4. The third-order valence-electron chi connectivity index (χ3n) is 3.41. The van der Waals surface area contributed by atoms with Crippen LogP contribution in [0, 0.1) is 0 Å². The highest BCUT2D eigenvalue weighted by molar-refractivity contribution is 6.29. The molecule has 0 aliphatic rings. The lowest BCUT2D eigenvalue weighted by molar-refractivity contribution is -0.109. The Morgan fingerprint density at radius 3 is 2.96 bits per heavy atom. The van der Waals surface area contributed by atoms with Crippen LogP contribution in [0.15, 0.2) is 36.5 Å². The van der Waals surface area contributed by atoms with Gasteiger partial charge in [-0.1, -0.05) is 29.8 Å². The SMILES string of the molecule is [2H]C([2H])([2H])n1cc(Cc2ccccc2OCC=O)c(-c2cc(Cl)nc(N)n2)n1. The number of nitrogen functional groups attached to an aromatic ring is 1. The summed E-state index contributed by atoms with van der Waals surface area (Å²) in [5, 5.41) is 4.29. The van der Waals surface area contributed by atoms with Crippen molar-refractivity contribution in [3.05, 3.63) is 52.8 Å². The van der Waals surface area contributed by atoms with Crippen molar-refractivity contribution in [3.8, 4) is 17.1 Å². The number of nitrogens with zero attached hydrogens (tertiary/aromatic N) is 4. The van der Waals surface area contributed by atoms with Gasteiger partial charge in [-0.3, -0.25) is 9.48 Å². The summed E-state index contributed by atoms with van der Waals surface area (Å²) in [6.45, 7) is -2.56. The first-order valence-electron chi connectivity index (χ1n) is 8.81. The highest BCUT2D eigenvalue weighted by atomic mass is 35.5. The monoisotopic (exact) mass is 360 g/mol. The molecule has 0 unspecified atom stereocenters. The van der Waals surface area contributed by atoms with Crippen molar-refractivity contribution in [2.45, 2.75) is 6.42 Å². The molecule has 7 nitrogen and oxygen atoms in total. The predicted octanol–water partition coefficient (Wildman–Crippen LogP) is 2.28. The lowest BCUT2D eigenvalue weighted by atomic mass is 10.0. The molecule has 1 aromatic carbocycles. The van der Waals surface area contributed by atoms with Gasteiger partial charge in [0.25, 0.3) is 0 Å². The van der Waals surface area contributed by atoms with Crippen molar-refractivity contribution in [2.24, 2.45) is 6.98 Å². The second-order valence-electron chi connectivity index (χ2n) is 5.14. The predicted molar refractivity (Wildman–Crippen MR) is 94.5 cm³/mol. The van der Waals surface area contributed by atoms with Gasteiger partial charge in [-0.15, -0.1) is 0 Å². The van der Waals surface area contributed by atoms with E-state index in [0.717, 1.165) is 10.2 Å². The van der Waals surface area contributed by atoms with E-state index in [2.05, 4.69) is 15.1 Å². The van der Waals surface area contributed by atoms with Crippen molar-refractivity contribution >= 4 is 23.8 Å². The number of aromatic nitrogens is 4. The summed E-state index contributed by atoms with van der Waals surface area (Å²) in [4.78, 5) is 18.6. The summed E-state index contributed by atoms with van der Waals surface area (Å²) in [5.41, 5.74) is 7.62. The fourth-order valence-electron chi connectivity index (χ4n) is 2.43. The molecule has 2 N–H and O–H groups in total. The third kappa shape index (κ3) is 3.95. The van der Waals surface area contributed by atoms with Gasteiger partial charge < -0.3 is 10.5 Å². The van der Waals surface area contributed by atoms with Crippen molar-refractivity contribution < 1.29 is 13.6 Å². The maximum atomic E-state index is 10.6. The lowest BCUT2D eigenvalue weighted by Gasteiger charge is -2.09. The number of para-hydroxylation sites is 1. The molecule has 0 bridgehead atoms. The topological polar surface area (TPSA) is 95.9 Å². The van der Waals surface area contributed by atoms with E-state index in [1.54, 1.807) is 12.1 Å². The quantitative estimate of drug-likeness (QED) is 0.535. The van der Waals surface area contributed by atoms with Gasteiger partial charge in [0.15, 0.2) is 6.29 Å². The van der Waals surface area contributed by atoms with E-state index < -0.39 is 6.98 Å². The number of ether oxygens (including phenoxy) is 1. The van der Waals surface area contributed by atoms with E-state index in [0.29, 0.717) is 35.4 Å². The number of anilines is 1. The maximum Gasteiger partial charge on any atom is 0.222 e. The molecule has 0 aliphatic heterocycles. The zero-order chi connectivity index (χ0) is 20.3. The zero-order valence-electron chi connectivity index (χ0n) is 16.0. The van der Waals surface area contributed by atoms with E-state index in [9.17, 15) is 4.79 Å². The Labute approximate surface area is 153 Å². The number of hydrogen-bond acceptors (Lipinski definition) is 6. The Balaban J connectivity index is 2.08. The Morgan fingerprint density at radius 1 is 1.36 bits per heavy atom. The molecule has 3 aromatic rings. The molecule has 0 amide bonds. The molecule has 3 rings (SSSR count). The first-order valence-corrected chi connectivity index (χ1v) is 7.69. The Bertz CT molecular complexity index is 986. The van der Waals surface area contributed by atoms with Crippen LogP contribution in [0.25, 0.3) is 11.4 Å². The second kappa shape index (κ2) is 7.31. The molecule has 0 saturated carbocycles. The minimum atomic E-state index is -2.47. The van der Waals surface area contributed by atoms with E-state index in [4.69, 9.17) is 26.2 Å². The Morgan fingerprint density at radius 2 is 2.20 bits per heavy atom. The molecule has 25 heavy (non-hydrogen) atoms. The third-order valence-corrected chi connectivity index (χ3v) is 3.60. The molecule has 0 spiro atoms. The number of benzene rings is 1. The van der Waals surface area contributed by atoms with Gasteiger partial charge in [0.05, 0.1) is 5.69 Å². The van der Waals surface area contributed by atoms with Crippen LogP contribution in [0.1, 0.15) is 15.2 Å². The molecule has 0 fully saturated rings. The number of aryl methyl sites for hydroxylation is 1. The van der Waals surface area contributed by atoms with Gasteiger partial charge in [-0.25, -0.2) is 9.97 Å². The van der Waals surface area contributed by atoms with Crippen molar-refractivity contribution in [1.29, 1.82) is 0 Å². The van der Waals surface area contributed by atoms with Gasteiger partial charge in [-0.2, -0.15) is 5.10 Å². The average molecular weight is 361 g/mol. The van der Waals surface area contributed by atoms with Crippen molar-refractivity contribution in [3.63, 3.8) is 0 Å². The Hall–Kier alpha value is -2.93. The molecular weight excluding hydrogens is 342 g/mol. The fraction of sp³-hybridized carbons (Fsp3) is 0.176. The van der Waals surface area contributed by atoms with Crippen LogP contribution >= 0.6 is 11.6 Å². The minimum Gasteiger partial charge on any atom is -0.486 e. The van der Waals surface area contributed by atoms with Gasteiger partial charge >= 0.3 is 0 Å². The largest absolute Gasteiger partial charge is 0.486 e. The molecule has 2 heterocycles. The van der Waals surface area contributed by atoms with Crippen LogP contribution in [0.2, 0.25) is 5.15 Å². The van der Waals surface area contributed by atoms with Gasteiger partial charge in [-0.05, 0) is 11.6 Å². The highest BCUT2D eigenvalue weighted by Crippen LogP contribution is 2.28. The highest BCUT2D eigenvalue weighted by Gasteiger charge is 2.15. The number of halogens is 1. The van der Waals surface area contributed by atoms with Crippen LogP contribution in [0.3, 0.4) is 0 Å². The van der Waals surface area contributed by atoms with E-state index >= 15 is 0 Å². The number of carbonyl (C=O) groups excluding carboxylic acids is 1. The number of carbonyl (C=O) groups is 1. The van der Waals surface area contributed by atoms with E-state index in [1.165, 1.54) is 12.3 Å². The summed E-state index contributed by atoms with van der Waals surface area (Å²) < 4.78 is 29.2. The molecule has 0 atom stereocenters. The van der Waals surface area contributed by atoms with Gasteiger partial charge in [0.2, 0.25) is 5.95 Å². The normalized spacial score (nSPS) is 12.9. The fourth-order valence-corrected chi connectivity index (χ4v) is 2.62. The smallest absolute Gasteiger partial charge is 0.222 e. The van der Waals surface area contributed by atoms with Gasteiger partial charge in [0, 0.05) is 35.3 Å². The first-order chi connectivity index (χ1) is 13.3. The summed E-state index contributed by atoms with van der Waals surface area (Å²) in [7, 11) is 0. The molecule has 8 heteroatoms. The summed E-state index contributed by atoms with van der Waals surface area (Å²) >= 11 is 5.96. The standard InChI is InChI=1S/C17H16ClN5O2/c1-23-10-12(8-11-4-2-3-5-14(11)25-7-6-24)16(22-23)13-9-15(18)21-17(19)20-13/h2-6,9-10H,7-8H2,1H3,(H2,19,20,21)/i1D3. The number of nitrogens with two attached hydrogens (primary N) is 1. The van der Waals surface area contributed by atoms with Gasteiger partial charge in [0.1, 0.15) is 23.2 Å². The lowest BCUT2D eigenvalue weighted by Crippen LogP contribution is -2.02. The molecular formula is C17H16ClN5O2. The maximum absolute atomic E-state index is 10.6. The van der Waals surface area contributed by atoms with Crippen LogP contribution in [0.4, 0.5) is 5.95 Å². The number of rotatable bonds is 6. The molecule has 0 saturated heterocycles. The molecule has 2 aromatic heterocycles. The van der Waals surface area contributed by atoms with Crippen molar-refractivity contribution in [2.75, 3.05) is 12.3 Å².